The molecule has 0 aliphatic carbocycles. The molecular formula is C17H17BrN2. The number of para-hydroxylation sites is 1. The fourth-order valence-corrected chi connectivity index (χ4v) is 2.89. The summed E-state index contributed by atoms with van der Waals surface area (Å²) < 4.78 is 1.13. The number of aromatic nitrogens is 1. The number of fused-ring (bicyclic) bond motifs is 1. The van der Waals surface area contributed by atoms with E-state index in [0.717, 1.165) is 24.0 Å². The lowest BCUT2D eigenvalue weighted by Crippen LogP contribution is -2.16. The lowest BCUT2D eigenvalue weighted by Gasteiger charge is -2.05. The summed E-state index contributed by atoms with van der Waals surface area (Å²) in [5, 5.41) is 4.83. The van der Waals surface area contributed by atoms with Gasteiger partial charge in [0.25, 0.3) is 0 Å². The van der Waals surface area contributed by atoms with Crippen LogP contribution in [0, 0.1) is 0 Å². The first kappa shape index (κ1) is 13.4. The highest BCUT2D eigenvalue weighted by Gasteiger charge is 2.02. The van der Waals surface area contributed by atoms with E-state index in [1.54, 1.807) is 0 Å². The topological polar surface area (TPSA) is 27.8 Å². The molecule has 0 unspecified atom stereocenters. The van der Waals surface area contributed by atoms with Gasteiger partial charge in [0.1, 0.15) is 0 Å². The molecule has 0 fully saturated rings. The summed E-state index contributed by atoms with van der Waals surface area (Å²) in [6.07, 6.45) is 3.16. The SMILES string of the molecule is Brc1cccc(CNCCc2c[nH]c3ccccc23)c1. The van der Waals surface area contributed by atoms with Crippen LogP contribution >= 0.6 is 15.9 Å². The maximum absolute atomic E-state index is 3.50. The van der Waals surface area contributed by atoms with Crippen LogP contribution in [-0.4, -0.2) is 11.5 Å². The molecule has 0 bridgehead atoms. The highest BCUT2D eigenvalue weighted by atomic mass is 79.9. The van der Waals surface area contributed by atoms with Gasteiger partial charge in [-0.05, 0) is 42.3 Å². The van der Waals surface area contributed by atoms with E-state index in [1.807, 2.05) is 0 Å². The number of hydrogen-bond acceptors (Lipinski definition) is 1. The van der Waals surface area contributed by atoms with Gasteiger partial charge < -0.3 is 10.3 Å². The molecule has 0 aliphatic rings. The third-order valence-corrected chi connectivity index (χ3v) is 3.96. The molecule has 0 spiro atoms. The molecule has 3 rings (SSSR count). The maximum atomic E-state index is 3.50. The fourth-order valence-electron chi connectivity index (χ4n) is 2.44. The highest BCUT2D eigenvalue weighted by Crippen LogP contribution is 2.17. The lowest BCUT2D eigenvalue weighted by molar-refractivity contribution is 0.688. The Morgan fingerprint density at radius 3 is 2.85 bits per heavy atom. The Morgan fingerprint density at radius 1 is 1.05 bits per heavy atom. The standard InChI is InChI=1S/C17H17BrN2/c18-15-5-3-4-13(10-15)11-19-9-8-14-12-20-17-7-2-1-6-16(14)17/h1-7,10,12,19-20H,8-9,11H2. The Balaban J connectivity index is 1.55. The van der Waals surface area contributed by atoms with Crippen LogP contribution in [0.15, 0.2) is 59.2 Å². The summed E-state index contributed by atoms with van der Waals surface area (Å²) in [6, 6.07) is 16.9. The van der Waals surface area contributed by atoms with Gasteiger partial charge in [0.2, 0.25) is 0 Å². The predicted molar refractivity (Wildman–Crippen MR) is 87.9 cm³/mol. The molecule has 20 heavy (non-hydrogen) atoms. The smallest absolute Gasteiger partial charge is 0.0456 e. The van der Waals surface area contributed by atoms with Crippen molar-refractivity contribution in [2.45, 2.75) is 13.0 Å². The second kappa shape index (κ2) is 6.25. The van der Waals surface area contributed by atoms with Crippen LogP contribution in [0.25, 0.3) is 10.9 Å². The molecule has 0 amide bonds. The molecule has 0 aliphatic heterocycles. The highest BCUT2D eigenvalue weighted by molar-refractivity contribution is 9.10. The van der Waals surface area contributed by atoms with Gasteiger partial charge in [-0.1, -0.05) is 46.3 Å². The molecule has 1 heterocycles. The third-order valence-electron chi connectivity index (χ3n) is 3.46. The lowest BCUT2D eigenvalue weighted by atomic mass is 10.1. The quantitative estimate of drug-likeness (QED) is 0.673. The van der Waals surface area contributed by atoms with Crippen LogP contribution in [-0.2, 0) is 13.0 Å². The molecule has 102 valence electrons. The normalized spacial score (nSPS) is 11.1. The van der Waals surface area contributed by atoms with Crippen LogP contribution in [0.5, 0.6) is 0 Å². The van der Waals surface area contributed by atoms with E-state index in [9.17, 15) is 0 Å². The van der Waals surface area contributed by atoms with Crippen molar-refractivity contribution >= 4 is 26.8 Å². The van der Waals surface area contributed by atoms with E-state index in [4.69, 9.17) is 0 Å². The van der Waals surface area contributed by atoms with Crippen LogP contribution in [0.2, 0.25) is 0 Å². The molecule has 3 heteroatoms. The van der Waals surface area contributed by atoms with Crippen LogP contribution in [0.3, 0.4) is 0 Å². The molecule has 0 saturated carbocycles. The number of nitrogens with one attached hydrogen (secondary N) is 2. The average molecular weight is 329 g/mol. The van der Waals surface area contributed by atoms with Gasteiger partial charge in [-0.3, -0.25) is 0 Å². The van der Waals surface area contributed by atoms with Crippen molar-refractivity contribution in [1.82, 2.24) is 10.3 Å². The molecule has 3 aromatic rings. The van der Waals surface area contributed by atoms with Crippen LogP contribution in [0.4, 0.5) is 0 Å². The van der Waals surface area contributed by atoms with E-state index in [-0.39, 0.29) is 0 Å². The first-order chi connectivity index (χ1) is 9.83. The van der Waals surface area contributed by atoms with Crippen molar-refractivity contribution in [3.05, 3.63) is 70.3 Å². The van der Waals surface area contributed by atoms with Crippen molar-refractivity contribution in [2.24, 2.45) is 0 Å². The number of benzene rings is 2. The van der Waals surface area contributed by atoms with Crippen molar-refractivity contribution < 1.29 is 0 Å². The van der Waals surface area contributed by atoms with Gasteiger partial charge in [0.05, 0.1) is 0 Å². The summed E-state index contributed by atoms with van der Waals surface area (Å²) >= 11 is 3.50. The molecule has 1 aromatic heterocycles. The summed E-state index contributed by atoms with van der Waals surface area (Å²) in [5.41, 5.74) is 3.90. The summed E-state index contributed by atoms with van der Waals surface area (Å²) in [5.74, 6) is 0. The summed E-state index contributed by atoms with van der Waals surface area (Å²) in [7, 11) is 0. The molecule has 0 radical (unpaired) electrons. The molecule has 2 nitrogen and oxygen atoms in total. The minimum Gasteiger partial charge on any atom is -0.361 e. The van der Waals surface area contributed by atoms with Crippen molar-refractivity contribution in [3.8, 4) is 0 Å². The number of rotatable bonds is 5. The van der Waals surface area contributed by atoms with Crippen molar-refractivity contribution in [2.75, 3.05) is 6.54 Å². The van der Waals surface area contributed by atoms with E-state index in [0.29, 0.717) is 0 Å². The van der Waals surface area contributed by atoms with E-state index < -0.39 is 0 Å². The molecule has 0 saturated heterocycles. The third kappa shape index (κ3) is 3.11. The minimum atomic E-state index is 0.905. The Morgan fingerprint density at radius 2 is 1.95 bits per heavy atom. The number of halogens is 1. The number of hydrogen-bond donors (Lipinski definition) is 2. The molecule has 2 aromatic carbocycles. The average Bonchev–Trinajstić information content (AvgIpc) is 2.87. The predicted octanol–water partition coefficient (Wildman–Crippen LogP) is 4.26. The van der Waals surface area contributed by atoms with Gasteiger partial charge in [-0.2, -0.15) is 0 Å². The monoisotopic (exact) mass is 328 g/mol. The molecule has 0 atom stereocenters. The van der Waals surface area contributed by atoms with Crippen molar-refractivity contribution in [3.63, 3.8) is 0 Å². The minimum absolute atomic E-state index is 0.905. The largest absolute Gasteiger partial charge is 0.361 e. The van der Waals surface area contributed by atoms with E-state index in [1.165, 1.54) is 22.0 Å². The Kier molecular flexibility index (Phi) is 4.19. The zero-order valence-corrected chi connectivity index (χ0v) is 12.8. The van der Waals surface area contributed by atoms with Gasteiger partial charge in [-0.25, -0.2) is 0 Å². The number of aromatic amines is 1. The zero-order valence-electron chi connectivity index (χ0n) is 11.2. The van der Waals surface area contributed by atoms with Crippen LogP contribution in [0.1, 0.15) is 11.1 Å². The fraction of sp³-hybridized carbons (Fsp3) is 0.176. The van der Waals surface area contributed by atoms with Crippen LogP contribution < -0.4 is 5.32 Å². The Labute approximate surface area is 127 Å². The summed E-state index contributed by atoms with van der Waals surface area (Å²) in [4.78, 5) is 3.32. The van der Waals surface area contributed by atoms with Gasteiger partial charge in [0, 0.05) is 28.1 Å². The number of H-pyrrole nitrogens is 1. The second-order valence-corrected chi connectivity index (χ2v) is 5.83. The Hall–Kier alpha value is -1.58. The zero-order chi connectivity index (χ0) is 13.8. The first-order valence-corrected chi connectivity index (χ1v) is 7.62. The van der Waals surface area contributed by atoms with Gasteiger partial charge in [0.15, 0.2) is 0 Å². The second-order valence-electron chi connectivity index (χ2n) is 4.92. The van der Waals surface area contributed by atoms with E-state index >= 15 is 0 Å². The van der Waals surface area contributed by atoms with Gasteiger partial charge >= 0.3 is 0 Å². The molecule has 2 N–H and O–H groups in total. The maximum Gasteiger partial charge on any atom is 0.0456 e. The van der Waals surface area contributed by atoms with Gasteiger partial charge in [-0.15, -0.1) is 0 Å². The Bertz CT molecular complexity index is 703. The first-order valence-electron chi connectivity index (χ1n) is 6.83. The van der Waals surface area contributed by atoms with Crippen molar-refractivity contribution in [1.29, 1.82) is 0 Å². The van der Waals surface area contributed by atoms with E-state index in [2.05, 4.69) is 81.0 Å². The summed E-state index contributed by atoms with van der Waals surface area (Å²) in [6.45, 7) is 1.89. The molecular weight excluding hydrogens is 312 g/mol.